The number of methoxy groups -OCH3 is 1. The highest BCUT2D eigenvalue weighted by molar-refractivity contribution is 5.80. The largest absolute Gasteiger partial charge is 0.496 e. The molecule has 0 saturated carbocycles. The molecule has 0 aliphatic heterocycles. The molecule has 28 heavy (non-hydrogen) atoms. The molecule has 3 aromatic heterocycles. The third kappa shape index (κ3) is 3.02. The van der Waals surface area contributed by atoms with Gasteiger partial charge in [0.2, 0.25) is 5.95 Å². The fourth-order valence-electron chi connectivity index (χ4n) is 3.18. The van der Waals surface area contributed by atoms with Crippen LogP contribution in [0.25, 0.3) is 16.8 Å². The van der Waals surface area contributed by atoms with Crippen molar-refractivity contribution in [1.29, 1.82) is 0 Å². The maximum atomic E-state index is 14.3. The van der Waals surface area contributed by atoms with Crippen LogP contribution in [0, 0.1) is 18.7 Å². The first-order valence-corrected chi connectivity index (χ1v) is 8.59. The van der Waals surface area contributed by atoms with E-state index in [1.54, 1.807) is 34.7 Å². The molecule has 142 valence electrons. The van der Waals surface area contributed by atoms with E-state index in [1.807, 2.05) is 6.92 Å². The number of fused-ring (bicyclic) bond motifs is 1. The predicted molar refractivity (Wildman–Crippen MR) is 101 cm³/mol. The molecular formula is C20H17F2N5O. The molecule has 1 aromatic carbocycles. The lowest BCUT2D eigenvalue weighted by Gasteiger charge is -2.14. The van der Waals surface area contributed by atoms with Crippen LogP contribution in [0.4, 0.5) is 14.6 Å². The third-order valence-corrected chi connectivity index (χ3v) is 4.58. The number of aryl methyl sites for hydroxylation is 1. The number of pyridine rings is 2. The Morgan fingerprint density at radius 2 is 2.00 bits per heavy atom. The number of ether oxygens (including phenoxy) is 1. The predicted octanol–water partition coefficient (Wildman–Crippen LogP) is 4.00. The van der Waals surface area contributed by atoms with Crippen LogP contribution in [-0.4, -0.2) is 26.7 Å². The molecule has 0 amide bonds. The second-order valence-corrected chi connectivity index (χ2v) is 6.22. The number of rotatable bonds is 5. The second-order valence-electron chi connectivity index (χ2n) is 6.22. The first-order chi connectivity index (χ1) is 13.6. The monoisotopic (exact) mass is 381 g/mol. The zero-order valence-corrected chi connectivity index (χ0v) is 15.3. The van der Waals surface area contributed by atoms with Gasteiger partial charge >= 0.3 is 0 Å². The number of hydrogen-bond donors (Lipinski definition) is 1. The van der Waals surface area contributed by atoms with Crippen LogP contribution in [0.5, 0.6) is 5.75 Å². The van der Waals surface area contributed by atoms with Gasteiger partial charge in [-0.3, -0.25) is 4.40 Å². The van der Waals surface area contributed by atoms with Crippen LogP contribution < -0.4 is 10.1 Å². The molecule has 4 aromatic rings. The van der Waals surface area contributed by atoms with Crippen molar-refractivity contribution >= 4 is 11.5 Å². The number of aromatic nitrogens is 4. The smallest absolute Gasteiger partial charge is 0.221 e. The number of anilines is 1. The topological polar surface area (TPSA) is 64.3 Å². The molecule has 0 atom stereocenters. The molecule has 6 nitrogen and oxygen atoms in total. The fourth-order valence-corrected chi connectivity index (χ4v) is 3.18. The minimum absolute atomic E-state index is 0.197. The summed E-state index contributed by atoms with van der Waals surface area (Å²) in [4.78, 5) is 3.74. The van der Waals surface area contributed by atoms with E-state index in [2.05, 4.69) is 20.5 Å². The Morgan fingerprint density at radius 3 is 2.79 bits per heavy atom. The van der Waals surface area contributed by atoms with Gasteiger partial charge < -0.3 is 10.1 Å². The lowest BCUT2D eigenvalue weighted by Crippen LogP contribution is -2.07. The second kappa shape index (κ2) is 7.22. The van der Waals surface area contributed by atoms with E-state index in [0.29, 0.717) is 33.9 Å². The van der Waals surface area contributed by atoms with E-state index in [0.717, 1.165) is 5.56 Å². The van der Waals surface area contributed by atoms with Gasteiger partial charge in [-0.2, -0.15) is 4.39 Å². The lowest BCUT2D eigenvalue weighted by molar-refractivity contribution is 0.405. The standard InChI is InChI=1S/C20H17F2N5O/c1-12-8-9-23-19(22)18(12)13-6-7-17(27-11-25-26-20(13)27)24-10-14-15(21)4-3-5-16(14)28-2/h3-9,11,24H,10H2,1-2H3. The summed E-state index contributed by atoms with van der Waals surface area (Å²) >= 11 is 0. The van der Waals surface area contributed by atoms with Gasteiger partial charge in [-0.25, -0.2) is 9.37 Å². The summed E-state index contributed by atoms with van der Waals surface area (Å²) in [7, 11) is 1.50. The Bertz CT molecular complexity index is 1140. The molecule has 0 radical (unpaired) electrons. The number of hydrogen-bond acceptors (Lipinski definition) is 5. The Kier molecular flexibility index (Phi) is 4.60. The molecule has 0 aliphatic carbocycles. The van der Waals surface area contributed by atoms with Gasteiger partial charge in [0.25, 0.3) is 0 Å². The van der Waals surface area contributed by atoms with E-state index in [9.17, 15) is 8.78 Å². The van der Waals surface area contributed by atoms with Crippen LogP contribution in [0.3, 0.4) is 0 Å². The quantitative estimate of drug-likeness (QED) is 0.530. The maximum Gasteiger partial charge on any atom is 0.221 e. The summed E-state index contributed by atoms with van der Waals surface area (Å²) in [6.07, 6.45) is 2.94. The molecule has 0 spiro atoms. The normalized spacial score (nSPS) is 11.0. The average Bonchev–Trinajstić information content (AvgIpc) is 3.18. The number of halogens is 2. The van der Waals surface area contributed by atoms with E-state index in [-0.39, 0.29) is 12.4 Å². The molecule has 3 heterocycles. The number of nitrogens with one attached hydrogen (secondary N) is 1. The first kappa shape index (κ1) is 17.8. The Hall–Kier alpha value is -3.55. The van der Waals surface area contributed by atoms with Crippen molar-refractivity contribution in [1.82, 2.24) is 19.6 Å². The van der Waals surface area contributed by atoms with Crippen molar-refractivity contribution in [3.8, 4) is 16.9 Å². The van der Waals surface area contributed by atoms with E-state index >= 15 is 0 Å². The Morgan fingerprint density at radius 1 is 1.14 bits per heavy atom. The van der Waals surface area contributed by atoms with Crippen molar-refractivity contribution in [2.45, 2.75) is 13.5 Å². The van der Waals surface area contributed by atoms with Crippen molar-refractivity contribution in [2.24, 2.45) is 0 Å². The zero-order chi connectivity index (χ0) is 19.7. The summed E-state index contributed by atoms with van der Waals surface area (Å²) in [6, 6.07) is 9.93. The molecule has 0 aliphatic rings. The molecule has 0 bridgehead atoms. The van der Waals surface area contributed by atoms with Gasteiger partial charge in [-0.05, 0) is 42.8 Å². The lowest BCUT2D eigenvalue weighted by atomic mass is 10.0. The molecule has 0 unspecified atom stereocenters. The molecule has 8 heteroatoms. The fraction of sp³-hybridized carbons (Fsp3) is 0.150. The van der Waals surface area contributed by atoms with Gasteiger partial charge in [0.1, 0.15) is 23.7 Å². The highest BCUT2D eigenvalue weighted by Crippen LogP contribution is 2.30. The highest BCUT2D eigenvalue weighted by atomic mass is 19.1. The van der Waals surface area contributed by atoms with Crippen LogP contribution in [0.2, 0.25) is 0 Å². The van der Waals surface area contributed by atoms with Crippen LogP contribution in [0.1, 0.15) is 11.1 Å². The summed E-state index contributed by atoms with van der Waals surface area (Å²) in [5.74, 6) is 0.159. The molecule has 1 N–H and O–H groups in total. The first-order valence-electron chi connectivity index (χ1n) is 8.59. The van der Waals surface area contributed by atoms with E-state index in [4.69, 9.17) is 4.74 Å². The van der Waals surface area contributed by atoms with Gasteiger partial charge in [-0.1, -0.05) is 6.07 Å². The third-order valence-electron chi connectivity index (χ3n) is 4.58. The van der Waals surface area contributed by atoms with Gasteiger partial charge in [0, 0.05) is 29.4 Å². The minimum atomic E-state index is -0.568. The summed E-state index contributed by atoms with van der Waals surface area (Å²) < 4.78 is 35.4. The van der Waals surface area contributed by atoms with Crippen molar-refractivity contribution in [3.05, 3.63) is 71.8 Å². The Balaban J connectivity index is 1.73. The van der Waals surface area contributed by atoms with E-state index in [1.165, 1.54) is 25.7 Å². The zero-order valence-electron chi connectivity index (χ0n) is 15.3. The van der Waals surface area contributed by atoms with Crippen LogP contribution in [0.15, 0.2) is 48.9 Å². The van der Waals surface area contributed by atoms with Crippen molar-refractivity contribution < 1.29 is 13.5 Å². The highest BCUT2D eigenvalue weighted by Gasteiger charge is 2.16. The van der Waals surface area contributed by atoms with Crippen molar-refractivity contribution in [3.63, 3.8) is 0 Å². The average molecular weight is 381 g/mol. The summed E-state index contributed by atoms with van der Waals surface area (Å²) in [6.45, 7) is 2.01. The Labute approximate surface area is 159 Å². The molecule has 0 fully saturated rings. The van der Waals surface area contributed by atoms with Gasteiger partial charge in [0.15, 0.2) is 5.65 Å². The molecular weight excluding hydrogens is 364 g/mol. The minimum Gasteiger partial charge on any atom is -0.496 e. The SMILES string of the molecule is COc1cccc(F)c1CNc1ccc(-c2c(C)ccnc2F)c2nncn12. The maximum absolute atomic E-state index is 14.3. The van der Waals surface area contributed by atoms with Crippen molar-refractivity contribution in [2.75, 3.05) is 12.4 Å². The van der Waals surface area contributed by atoms with Gasteiger partial charge in [0.05, 0.1) is 7.11 Å². The van der Waals surface area contributed by atoms with Crippen LogP contribution >= 0.6 is 0 Å². The molecule has 0 saturated heterocycles. The van der Waals surface area contributed by atoms with Gasteiger partial charge in [-0.15, -0.1) is 10.2 Å². The van der Waals surface area contributed by atoms with E-state index < -0.39 is 5.95 Å². The molecule has 4 rings (SSSR count). The van der Waals surface area contributed by atoms with Crippen LogP contribution in [-0.2, 0) is 6.54 Å². The summed E-state index contributed by atoms with van der Waals surface area (Å²) in [5.41, 5.74) is 2.58. The number of nitrogens with zero attached hydrogens (tertiary/aromatic N) is 4. The number of benzene rings is 1. The summed E-state index contributed by atoms with van der Waals surface area (Å²) in [5, 5.41) is 11.2.